The molecule has 8 aromatic carbocycles. The van der Waals surface area contributed by atoms with Gasteiger partial charge < -0.3 is 13.6 Å². The molecule has 4 heterocycles. The summed E-state index contributed by atoms with van der Waals surface area (Å²) in [5.41, 5.74) is 13.1. The highest BCUT2D eigenvalue weighted by atomic mass is 16.3. The van der Waals surface area contributed by atoms with Gasteiger partial charge in [-0.05, 0) is 42.5 Å². The van der Waals surface area contributed by atoms with Gasteiger partial charge >= 0.3 is 0 Å². The lowest BCUT2D eigenvalue weighted by Crippen LogP contribution is -2.00. The van der Waals surface area contributed by atoms with Gasteiger partial charge in [0.2, 0.25) is 0 Å². The molecule has 0 aliphatic heterocycles. The molecule has 0 aliphatic carbocycles. The second kappa shape index (κ2) is 12.4. The summed E-state index contributed by atoms with van der Waals surface area (Å²) in [7, 11) is 0. The van der Waals surface area contributed by atoms with Gasteiger partial charge in [-0.3, -0.25) is 0 Å². The van der Waals surface area contributed by atoms with E-state index in [1.165, 1.54) is 21.5 Å². The molecule has 5 nitrogen and oxygen atoms in total. The number of para-hydroxylation sites is 4. The topological polar surface area (TPSA) is 48.8 Å². The molecule has 0 fully saturated rings. The zero-order valence-electron chi connectivity index (χ0n) is 30.7. The minimum absolute atomic E-state index is 0.675. The van der Waals surface area contributed by atoms with Gasteiger partial charge in [0.15, 0.2) is 11.4 Å². The molecule has 0 N–H and O–H groups in total. The molecule has 5 heteroatoms. The number of aromatic nitrogens is 4. The highest BCUT2D eigenvalue weighted by molar-refractivity contribution is 6.24. The molecule has 4 aromatic heterocycles. The Morgan fingerprint density at radius 2 is 0.895 bits per heavy atom. The van der Waals surface area contributed by atoms with Crippen LogP contribution in [-0.4, -0.2) is 19.1 Å². The minimum Gasteiger partial charge on any atom is -0.454 e. The van der Waals surface area contributed by atoms with E-state index in [-0.39, 0.29) is 0 Å². The average molecular weight is 729 g/mol. The van der Waals surface area contributed by atoms with Crippen LogP contribution in [0.3, 0.4) is 0 Å². The third-order valence-corrected chi connectivity index (χ3v) is 11.3. The van der Waals surface area contributed by atoms with Crippen LogP contribution < -0.4 is 0 Å². The lowest BCUT2D eigenvalue weighted by molar-refractivity contribution is 0.666. The van der Waals surface area contributed by atoms with E-state index >= 15 is 0 Å². The maximum atomic E-state index is 6.70. The van der Waals surface area contributed by atoms with E-state index in [9.17, 15) is 0 Å². The first-order chi connectivity index (χ1) is 28.3. The van der Waals surface area contributed by atoms with Gasteiger partial charge in [0, 0.05) is 54.7 Å². The predicted octanol–water partition coefficient (Wildman–Crippen LogP) is 13.6. The molecule has 0 spiro atoms. The molecule has 0 bridgehead atoms. The van der Waals surface area contributed by atoms with Gasteiger partial charge in [-0.15, -0.1) is 0 Å². The summed E-state index contributed by atoms with van der Waals surface area (Å²) in [4.78, 5) is 10.4. The highest BCUT2D eigenvalue weighted by Gasteiger charge is 2.23. The number of nitrogens with zero attached hydrogens (tertiary/aromatic N) is 4. The standard InChI is InChI=1S/C52H32N4O/c1-3-15-33(16-4-1)43-32-44(34-17-5-2-6-18-34)54-52(53-43)35-19-13-20-36(31-35)55-45-25-10-7-21-37(45)40-29-30-41-38-22-8-11-26-46(38)56(50(41)49(40)55)47-27-14-24-42-39-23-9-12-28-48(39)57-51(42)47/h1-32H. The highest BCUT2D eigenvalue weighted by Crippen LogP contribution is 2.44. The number of rotatable bonds is 5. The monoisotopic (exact) mass is 728 g/mol. The largest absolute Gasteiger partial charge is 0.454 e. The maximum absolute atomic E-state index is 6.70. The van der Waals surface area contributed by atoms with Crippen molar-refractivity contribution in [1.82, 2.24) is 19.1 Å². The second-order valence-electron chi connectivity index (χ2n) is 14.6. The molecular weight excluding hydrogens is 697 g/mol. The Hall–Kier alpha value is -7.76. The number of fused-ring (bicyclic) bond motifs is 10. The molecule has 12 aromatic rings. The first-order valence-corrected chi connectivity index (χ1v) is 19.3. The zero-order chi connectivity index (χ0) is 37.5. The Kier molecular flexibility index (Phi) is 6.86. The SMILES string of the molecule is c1ccc(-c2cc(-c3ccccc3)nc(-c3cccc(-n4c5ccccc5c5ccc6c7ccccc7n(-c7cccc8c7oc7ccccc78)c6c54)c3)n2)cc1. The van der Waals surface area contributed by atoms with Crippen LogP contribution >= 0.6 is 0 Å². The van der Waals surface area contributed by atoms with E-state index in [0.29, 0.717) is 5.82 Å². The smallest absolute Gasteiger partial charge is 0.160 e. The summed E-state index contributed by atoms with van der Waals surface area (Å²) in [5, 5.41) is 6.94. The summed E-state index contributed by atoms with van der Waals surface area (Å²) < 4.78 is 11.5. The van der Waals surface area contributed by atoms with E-state index < -0.39 is 0 Å². The summed E-state index contributed by atoms with van der Waals surface area (Å²) >= 11 is 0. The van der Waals surface area contributed by atoms with Crippen LogP contribution in [0, 0.1) is 0 Å². The molecule has 0 atom stereocenters. The summed E-state index contributed by atoms with van der Waals surface area (Å²) in [5.74, 6) is 0.675. The number of furan rings is 1. The van der Waals surface area contributed by atoms with Gasteiger partial charge in [0.1, 0.15) is 5.58 Å². The zero-order valence-corrected chi connectivity index (χ0v) is 30.7. The van der Waals surface area contributed by atoms with E-state index in [4.69, 9.17) is 14.4 Å². The number of hydrogen-bond donors (Lipinski definition) is 0. The average Bonchev–Trinajstić information content (AvgIpc) is 3.95. The van der Waals surface area contributed by atoms with Crippen LogP contribution in [-0.2, 0) is 0 Å². The van der Waals surface area contributed by atoms with Crippen molar-refractivity contribution in [1.29, 1.82) is 0 Å². The number of hydrogen-bond acceptors (Lipinski definition) is 3. The molecule has 57 heavy (non-hydrogen) atoms. The van der Waals surface area contributed by atoms with E-state index in [2.05, 4.69) is 185 Å². The fourth-order valence-corrected chi connectivity index (χ4v) is 8.80. The van der Waals surface area contributed by atoms with Crippen LogP contribution in [0.2, 0.25) is 0 Å². The van der Waals surface area contributed by atoms with Gasteiger partial charge in [-0.25, -0.2) is 9.97 Å². The van der Waals surface area contributed by atoms with Gasteiger partial charge in [-0.1, -0.05) is 152 Å². The normalized spacial score (nSPS) is 11.9. The predicted molar refractivity (Wildman–Crippen MR) is 234 cm³/mol. The first-order valence-electron chi connectivity index (χ1n) is 19.3. The molecule has 0 saturated carbocycles. The molecule has 0 saturated heterocycles. The Morgan fingerprint density at radius 3 is 1.58 bits per heavy atom. The number of benzene rings is 8. The first kappa shape index (κ1) is 31.6. The maximum Gasteiger partial charge on any atom is 0.160 e. The Bertz CT molecular complexity index is 3460. The fraction of sp³-hybridized carbons (Fsp3) is 0. The summed E-state index contributed by atoms with van der Waals surface area (Å²) in [6, 6.07) is 68.2. The van der Waals surface area contributed by atoms with Crippen LogP contribution in [0.15, 0.2) is 199 Å². The third kappa shape index (κ3) is 4.82. The van der Waals surface area contributed by atoms with E-state index in [1.807, 2.05) is 18.2 Å². The van der Waals surface area contributed by atoms with Crippen LogP contribution in [0.1, 0.15) is 0 Å². The quantitative estimate of drug-likeness (QED) is 0.177. The van der Waals surface area contributed by atoms with Crippen molar-refractivity contribution >= 4 is 65.6 Å². The Labute approximate surface area is 327 Å². The molecular formula is C52H32N4O. The molecule has 0 unspecified atom stereocenters. The molecule has 266 valence electrons. The van der Waals surface area contributed by atoms with Gasteiger partial charge in [-0.2, -0.15) is 0 Å². The molecule has 0 aliphatic rings. The van der Waals surface area contributed by atoms with Crippen molar-refractivity contribution < 1.29 is 4.42 Å². The molecule has 0 radical (unpaired) electrons. The van der Waals surface area contributed by atoms with Crippen molar-refractivity contribution in [3.8, 4) is 45.3 Å². The van der Waals surface area contributed by atoms with Crippen molar-refractivity contribution in [3.63, 3.8) is 0 Å². The molecule has 12 rings (SSSR count). The fourth-order valence-electron chi connectivity index (χ4n) is 8.80. The summed E-state index contributed by atoms with van der Waals surface area (Å²) in [6.07, 6.45) is 0. The lowest BCUT2D eigenvalue weighted by Gasteiger charge is -2.14. The van der Waals surface area contributed by atoms with E-state index in [1.54, 1.807) is 0 Å². The lowest BCUT2D eigenvalue weighted by atomic mass is 10.1. The van der Waals surface area contributed by atoms with Gasteiger partial charge in [0.25, 0.3) is 0 Å². The Balaban J connectivity index is 1.16. The Morgan fingerprint density at radius 1 is 0.368 bits per heavy atom. The summed E-state index contributed by atoms with van der Waals surface area (Å²) in [6.45, 7) is 0. The van der Waals surface area contributed by atoms with E-state index in [0.717, 1.165) is 83.5 Å². The third-order valence-electron chi connectivity index (χ3n) is 11.3. The van der Waals surface area contributed by atoms with Crippen LogP contribution in [0.25, 0.3) is 111 Å². The van der Waals surface area contributed by atoms with Crippen LogP contribution in [0.4, 0.5) is 0 Å². The van der Waals surface area contributed by atoms with Crippen molar-refractivity contribution in [3.05, 3.63) is 194 Å². The molecule has 0 amide bonds. The van der Waals surface area contributed by atoms with Crippen LogP contribution in [0.5, 0.6) is 0 Å². The van der Waals surface area contributed by atoms with Crippen molar-refractivity contribution in [2.45, 2.75) is 0 Å². The minimum atomic E-state index is 0.675. The van der Waals surface area contributed by atoms with Crippen molar-refractivity contribution in [2.75, 3.05) is 0 Å². The van der Waals surface area contributed by atoms with Crippen molar-refractivity contribution in [2.24, 2.45) is 0 Å². The van der Waals surface area contributed by atoms with Gasteiger partial charge in [0.05, 0.1) is 39.1 Å². The second-order valence-corrected chi connectivity index (χ2v) is 14.6.